The lowest BCUT2D eigenvalue weighted by Gasteiger charge is -1.89. The predicted octanol–water partition coefficient (Wildman–Crippen LogP) is 1.67. The van der Waals surface area contributed by atoms with Gasteiger partial charge < -0.3 is 10.7 Å². The van der Waals surface area contributed by atoms with E-state index < -0.39 is 0 Å². The Morgan fingerprint density at radius 1 is 1.31 bits per heavy atom. The molecule has 0 fully saturated rings. The highest BCUT2D eigenvalue weighted by molar-refractivity contribution is 5.80. The van der Waals surface area contributed by atoms with E-state index in [9.17, 15) is 4.39 Å². The van der Waals surface area contributed by atoms with Crippen molar-refractivity contribution in [1.29, 1.82) is 0 Å². The van der Waals surface area contributed by atoms with Gasteiger partial charge >= 0.3 is 0 Å². The maximum absolute atomic E-state index is 13.0. The fourth-order valence-corrected chi connectivity index (χ4v) is 1.58. The van der Waals surface area contributed by atoms with Crippen molar-refractivity contribution in [3.05, 3.63) is 30.2 Å². The van der Waals surface area contributed by atoms with E-state index in [1.54, 1.807) is 12.3 Å². The van der Waals surface area contributed by atoms with Crippen molar-refractivity contribution in [1.82, 2.24) is 20.2 Å². The van der Waals surface area contributed by atoms with Crippen LogP contribution in [0.5, 0.6) is 0 Å². The highest BCUT2D eigenvalue weighted by Gasteiger charge is 2.10. The van der Waals surface area contributed by atoms with Gasteiger partial charge in [0.05, 0.1) is 16.7 Å². The third kappa shape index (κ3) is 1.23. The molecule has 0 radical (unpaired) electrons. The quantitative estimate of drug-likeness (QED) is 0.579. The van der Waals surface area contributed by atoms with Crippen molar-refractivity contribution in [2.24, 2.45) is 0 Å². The summed E-state index contributed by atoms with van der Waals surface area (Å²) in [6, 6.07) is 4.36. The van der Waals surface area contributed by atoms with Gasteiger partial charge in [-0.25, -0.2) is 9.37 Å². The molecule has 0 saturated heterocycles. The Morgan fingerprint density at radius 3 is 2.94 bits per heavy atom. The first-order chi connectivity index (χ1) is 7.74. The zero-order chi connectivity index (χ0) is 11.1. The second-order valence-electron chi connectivity index (χ2n) is 3.44. The Kier molecular flexibility index (Phi) is 1.70. The number of nitrogens with two attached hydrogens (primary N) is 1. The zero-order valence-corrected chi connectivity index (χ0v) is 8.16. The van der Waals surface area contributed by atoms with Gasteiger partial charge in [-0.2, -0.15) is 5.10 Å². The summed E-state index contributed by atoms with van der Waals surface area (Å²) in [5, 5.41) is 6.61. The van der Waals surface area contributed by atoms with Gasteiger partial charge in [0.1, 0.15) is 5.82 Å². The van der Waals surface area contributed by atoms with Gasteiger partial charge in [0.15, 0.2) is 11.5 Å². The Bertz CT molecular complexity index is 654. The lowest BCUT2D eigenvalue weighted by Crippen LogP contribution is -1.87. The Morgan fingerprint density at radius 2 is 2.19 bits per heavy atom. The Hall–Kier alpha value is -2.37. The van der Waals surface area contributed by atoms with Gasteiger partial charge in [-0.3, -0.25) is 5.10 Å². The molecule has 0 aliphatic rings. The van der Waals surface area contributed by atoms with Gasteiger partial charge in [0.25, 0.3) is 0 Å². The SMILES string of the molecule is Nc1c[nH]nc1-c1nc2cc(F)ccc2[nH]1. The fraction of sp³-hybridized carbons (Fsp3) is 0. The minimum absolute atomic E-state index is 0.319. The molecule has 2 aromatic heterocycles. The van der Waals surface area contributed by atoms with E-state index in [0.717, 1.165) is 5.52 Å². The molecule has 4 N–H and O–H groups in total. The molecule has 2 heterocycles. The van der Waals surface area contributed by atoms with E-state index in [2.05, 4.69) is 20.2 Å². The molecule has 6 heteroatoms. The van der Waals surface area contributed by atoms with Crippen molar-refractivity contribution in [3.63, 3.8) is 0 Å². The predicted molar refractivity (Wildman–Crippen MR) is 58.0 cm³/mol. The number of nitrogen functional groups attached to an aromatic ring is 1. The topological polar surface area (TPSA) is 83.4 Å². The van der Waals surface area contributed by atoms with Gasteiger partial charge in [-0.1, -0.05) is 0 Å². The van der Waals surface area contributed by atoms with Crippen molar-refractivity contribution < 1.29 is 4.39 Å². The minimum atomic E-state index is -0.319. The van der Waals surface area contributed by atoms with Gasteiger partial charge in [0, 0.05) is 12.3 Å². The summed E-state index contributed by atoms with van der Waals surface area (Å²) in [6.07, 6.45) is 1.57. The molecule has 0 bridgehead atoms. The standard InChI is InChI=1S/C10H8FN5/c11-5-1-2-7-8(3-5)15-10(14-7)9-6(12)4-13-16-9/h1-4H,12H2,(H,13,16)(H,14,15). The number of benzene rings is 1. The van der Waals surface area contributed by atoms with Crippen molar-refractivity contribution >= 4 is 16.7 Å². The first-order valence-corrected chi connectivity index (χ1v) is 4.69. The summed E-state index contributed by atoms with van der Waals surface area (Å²) < 4.78 is 13.0. The van der Waals surface area contributed by atoms with E-state index in [1.165, 1.54) is 12.1 Å². The van der Waals surface area contributed by atoms with Crippen LogP contribution in [0.2, 0.25) is 0 Å². The van der Waals surface area contributed by atoms with Crippen LogP contribution in [0.4, 0.5) is 10.1 Å². The number of anilines is 1. The summed E-state index contributed by atoms with van der Waals surface area (Å²) in [6.45, 7) is 0. The molecule has 0 amide bonds. The summed E-state index contributed by atoms with van der Waals surface area (Å²) in [5.41, 5.74) is 8.04. The number of hydrogen-bond donors (Lipinski definition) is 3. The number of fused-ring (bicyclic) bond motifs is 1. The lowest BCUT2D eigenvalue weighted by atomic mass is 10.3. The number of nitrogens with one attached hydrogen (secondary N) is 2. The van der Waals surface area contributed by atoms with E-state index in [-0.39, 0.29) is 5.82 Å². The molecule has 80 valence electrons. The number of hydrogen-bond acceptors (Lipinski definition) is 3. The van der Waals surface area contributed by atoms with Gasteiger partial charge in [-0.15, -0.1) is 0 Å². The molecule has 0 aliphatic heterocycles. The molecule has 3 aromatic rings. The zero-order valence-electron chi connectivity index (χ0n) is 8.16. The average molecular weight is 217 g/mol. The van der Waals surface area contributed by atoms with E-state index >= 15 is 0 Å². The number of aromatic amines is 2. The molecule has 16 heavy (non-hydrogen) atoms. The first-order valence-electron chi connectivity index (χ1n) is 4.69. The van der Waals surface area contributed by atoms with Crippen LogP contribution in [-0.4, -0.2) is 20.2 Å². The first kappa shape index (κ1) is 8.90. The number of rotatable bonds is 1. The lowest BCUT2D eigenvalue weighted by molar-refractivity contribution is 0.629. The van der Waals surface area contributed by atoms with Crippen LogP contribution < -0.4 is 5.73 Å². The third-order valence-corrected chi connectivity index (χ3v) is 2.34. The monoisotopic (exact) mass is 217 g/mol. The maximum atomic E-state index is 13.0. The molecule has 5 nitrogen and oxygen atoms in total. The van der Waals surface area contributed by atoms with Crippen LogP contribution in [0.15, 0.2) is 24.4 Å². The van der Waals surface area contributed by atoms with E-state index in [0.29, 0.717) is 22.7 Å². The highest BCUT2D eigenvalue weighted by Crippen LogP contribution is 2.23. The molecular formula is C10H8FN5. The van der Waals surface area contributed by atoms with Crippen molar-refractivity contribution in [3.8, 4) is 11.5 Å². The van der Waals surface area contributed by atoms with Crippen LogP contribution in [-0.2, 0) is 0 Å². The van der Waals surface area contributed by atoms with Gasteiger partial charge in [-0.05, 0) is 12.1 Å². The molecule has 0 aliphatic carbocycles. The Balaban J connectivity index is 2.23. The number of halogens is 1. The molecule has 0 atom stereocenters. The second-order valence-corrected chi connectivity index (χ2v) is 3.44. The molecule has 0 unspecified atom stereocenters. The summed E-state index contributed by atoms with van der Waals surface area (Å²) in [7, 11) is 0. The van der Waals surface area contributed by atoms with Crippen LogP contribution >= 0.6 is 0 Å². The number of nitrogens with zero attached hydrogens (tertiary/aromatic N) is 2. The van der Waals surface area contributed by atoms with Crippen molar-refractivity contribution in [2.45, 2.75) is 0 Å². The average Bonchev–Trinajstić information content (AvgIpc) is 2.82. The van der Waals surface area contributed by atoms with Crippen LogP contribution in [0.3, 0.4) is 0 Å². The number of H-pyrrole nitrogens is 2. The van der Waals surface area contributed by atoms with Crippen LogP contribution in [0, 0.1) is 5.82 Å². The minimum Gasteiger partial charge on any atom is -0.396 e. The number of imidazole rings is 1. The Labute approximate surface area is 89.5 Å². The molecule has 0 spiro atoms. The van der Waals surface area contributed by atoms with Crippen molar-refractivity contribution in [2.75, 3.05) is 5.73 Å². The third-order valence-electron chi connectivity index (χ3n) is 2.34. The molecular weight excluding hydrogens is 209 g/mol. The smallest absolute Gasteiger partial charge is 0.161 e. The van der Waals surface area contributed by atoms with E-state index in [1.807, 2.05) is 0 Å². The molecule has 0 saturated carbocycles. The second kappa shape index (κ2) is 3.06. The van der Waals surface area contributed by atoms with E-state index in [4.69, 9.17) is 5.73 Å². The van der Waals surface area contributed by atoms with Crippen LogP contribution in [0.1, 0.15) is 0 Å². The summed E-state index contributed by atoms with van der Waals surface area (Å²) >= 11 is 0. The highest BCUT2D eigenvalue weighted by atomic mass is 19.1. The summed E-state index contributed by atoms with van der Waals surface area (Å²) in [4.78, 5) is 7.24. The van der Waals surface area contributed by atoms with Crippen LogP contribution in [0.25, 0.3) is 22.6 Å². The number of aromatic nitrogens is 4. The fourth-order valence-electron chi connectivity index (χ4n) is 1.58. The molecule has 3 rings (SSSR count). The van der Waals surface area contributed by atoms with Gasteiger partial charge in [0.2, 0.25) is 0 Å². The molecule has 1 aromatic carbocycles. The maximum Gasteiger partial charge on any atom is 0.161 e. The normalized spacial score (nSPS) is 11.1. The largest absolute Gasteiger partial charge is 0.396 e. The summed E-state index contributed by atoms with van der Waals surface area (Å²) in [5.74, 6) is 0.208.